The standard InChI is InChI=1S/C21H20O3S/c1-15-17-12-13-18(14-17)21(15,20(22)16-8-4-2-5-9-16)25(23,24)19-10-6-3-7-11-19/h2-13,17-18,20,22H,1,14H2/t17-,18+,20-,21+/m1/s1. The predicted molar refractivity (Wildman–Crippen MR) is 97.6 cm³/mol. The van der Waals surface area contributed by atoms with Crippen molar-refractivity contribution in [1.82, 2.24) is 0 Å². The van der Waals surface area contributed by atoms with Gasteiger partial charge in [0, 0.05) is 5.92 Å². The lowest BCUT2D eigenvalue weighted by molar-refractivity contribution is 0.127. The van der Waals surface area contributed by atoms with Gasteiger partial charge in [-0.25, -0.2) is 8.42 Å². The molecule has 128 valence electrons. The van der Waals surface area contributed by atoms with E-state index in [1.807, 2.05) is 30.4 Å². The molecule has 3 nitrogen and oxygen atoms in total. The third-order valence-corrected chi connectivity index (χ3v) is 8.17. The van der Waals surface area contributed by atoms with E-state index in [0.29, 0.717) is 17.6 Å². The maximum absolute atomic E-state index is 13.7. The molecule has 0 aliphatic heterocycles. The summed E-state index contributed by atoms with van der Waals surface area (Å²) in [6, 6.07) is 17.4. The zero-order chi connectivity index (χ0) is 17.7. The number of fused-ring (bicyclic) bond motifs is 2. The Balaban J connectivity index is 1.96. The highest BCUT2D eigenvalue weighted by Crippen LogP contribution is 2.60. The van der Waals surface area contributed by atoms with Crippen LogP contribution in [0, 0.1) is 11.8 Å². The molecule has 2 aliphatic rings. The van der Waals surface area contributed by atoms with Crippen LogP contribution in [0.2, 0.25) is 0 Å². The first-order chi connectivity index (χ1) is 12.0. The Labute approximate surface area is 148 Å². The second-order valence-electron chi connectivity index (χ2n) is 6.78. The van der Waals surface area contributed by atoms with Crippen molar-refractivity contribution >= 4 is 9.84 Å². The monoisotopic (exact) mass is 352 g/mol. The fourth-order valence-corrected chi connectivity index (χ4v) is 6.78. The van der Waals surface area contributed by atoms with Crippen molar-refractivity contribution in [3.05, 3.63) is 90.5 Å². The molecule has 0 radical (unpaired) electrons. The molecule has 0 unspecified atom stereocenters. The van der Waals surface area contributed by atoms with Crippen LogP contribution in [-0.4, -0.2) is 18.3 Å². The van der Waals surface area contributed by atoms with E-state index in [0.717, 1.165) is 0 Å². The highest BCUT2D eigenvalue weighted by Gasteiger charge is 2.63. The summed E-state index contributed by atoms with van der Waals surface area (Å²) < 4.78 is 26.0. The van der Waals surface area contributed by atoms with Gasteiger partial charge >= 0.3 is 0 Å². The average Bonchev–Trinajstić information content (AvgIpc) is 3.23. The van der Waals surface area contributed by atoms with Crippen LogP contribution >= 0.6 is 0 Å². The molecule has 2 bridgehead atoms. The minimum Gasteiger partial charge on any atom is -0.386 e. The molecular formula is C21H20O3S. The highest BCUT2D eigenvalue weighted by atomic mass is 32.2. The first-order valence-electron chi connectivity index (χ1n) is 8.40. The quantitative estimate of drug-likeness (QED) is 0.854. The van der Waals surface area contributed by atoms with E-state index in [2.05, 4.69) is 6.58 Å². The fraction of sp³-hybridized carbons (Fsp3) is 0.238. The first kappa shape index (κ1) is 16.3. The number of benzene rings is 2. The zero-order valence-electron chi connectivity index (χ0n) is 13.7. The Hall–Kier alpha value is -2.17. The van der Waals surface area contributed by atoms with Crippen LogP contribution in [0.3, 0.4) is 0 Å². The van der Waals surface area contributed by atoms with Gasteiger partial charge in [0.1, 0.15) is 10.9 Å². The normalized spacial score (nSPS) is 29.1. The van der Waals surface area contributed by atoms with Crippen molar-refractivity contribution in [2.45, 2.75) is 22.2 Å². The van der Waals surface area contributed by atoms with Gasteiger partial charge in [-0.15, -0.1) is 0 Å². The lowest BCUT2D eigenvalue weighted by atomic mass is 9.81. The van der Waals surface area contributed by atoms with Gasteiger partial charge in [0.05, 0.1) is 4.90 Å². The van der Waals surface area contributed by atoms with Crippen molar-refractivity contribution in [1.29, 1.82) is 0 Å². The molecule has 0 amide bonds. The highest BCUT2D eigenvalue weighted by molar-refractivity contribution is 7.93. The van der Waals surface area contributed by atoms with Gasteiger partial charge in [-0.2, -0.15) is 0 Å². The van der Waals surface area contributed by atoms with Crippen LogP contribution in [0.25, 0.3) is 0 Å². The predicted octanol–water partition coefficient (Wildman–Crippen LogP) is 3.69. The lowest BCUT2D eigenvalue weighted by Gasteiger charge is -2.40. The molecular weight excluding hydrogens is 332 g/mol. The van der Waals surface area contributed by atoms with E-state index < -0.39 is 20.7 Å². The van der Waals surface area contributed by atoms with E-state index in [1.165, 1.54) is 0 Å². The molecule has 2 aromatic rings. The largest absolute Gasteiger partial charge is 0.386 e. The molecule has 1 N–H and O–H groups in total. The van der Waals surface area contributed by atoms with Gasteiger partial charge in [-0.3, -0.25) is 0 Å². The summed E-state index contributed by atoms with van der Waals surface area (Å²) in [5, 5.41) is 11.3. The Morgan fingerprint density at radius 2 is 1.60 bits per heavy atom. The van der Waals surface area contributed by atoms with Gasteiger partial charge in [-0.05, 0) is 35.6 Å². The summed E-state index contributed by atoms with van der Waals surface area (Å²) in [5.74, 6) is -0.271. The second kappa shape index (κ2) is 5.68. The van der Waals surface area contributed by atoms with E-state index in [9.17, 15) is 13.5 Å². The Kier molecular flexibility index (Phi) is 3.71. The van der Waals surface area contributed by atoms with Crippen LogP contribution in [0.5, 0.6) is 0 Å². The van der Waals surface area contributed by atoms with Crippen LogP contribution < -0.4 is 0 Å². The van der Waals surface area contributed by atoms with Gasteiger partial charge in [0.25, 0.3) is 0 Å². The molecule has 4 atom stereocenters. The number of rotatable bonds is 4. The second-order valence-corrected chi connectivity index (χ2v) is 8.94. The molecule has 2 aliphatic carbocycles. The molecule has 4 heteroatoms. The van der Waals surface area contributed by atoms with Crippen molar-refractivity contribution in [2.24, 2.45) is 11.8 Å². The van der Waals surface area contributed by atoms with Gasteiger partial charge in [0.2, 0.25) is 0 Å². The number of aliphatic hydroxyl groups excluding tert-OH is 1. The number of allylic oxidation sites excluding steroid dienone is 2. The average molecular weight is 352 g/mol. The summed E-state index contributed by atoms with van der Waals surface area (Å²) in [7, 11) is -3.83. The fourth-order valence-electron chi connectivity index (χ4n) is 4.38. The summed E-state index contributed by atoms with van der Waals surface area (Å²) in [4.78, 5) is 0.229. The van der Waals surface area contributed by atoms with E-state index in [1.54, 1.807) is 42.5 Å². The zero-order valence-corrected chi connectivity index (χ0v) is 14.6. The van der Waals surface area contributed by atoms with Crippen molar-refractivity contribution in [3.63, 3.8) is 0 Å². The van der Waals surface area contributed by atoms with E-state index in [-0.39, 0.29) is 16.7 Å². The summed E-state index contributed by atoms with van der Waals surface area (Å²) >= 11 is 0. The van der Waals surface area contributed by atoms with E-state index in [4.69, 9.17) is 0 Å². The lowest BCUT2D eigenvalue weighted by Crippen LogP contribution is -2.49. The summed E-state index contributed by atoms with van der Waals surface area (Å²) in [6.45, 7) is 4.14. The van der Waals surface area contributed by atoms with Gasteiger partial charge in [-0.1, -0.05) is 67.3 Å². The van der Waals surface area contributed by atoms with Crippen LogP contribution in [0.1, 0.15) is 18.1 Å². The minimum atomic E-state index is -3.83. The maximum Gasteiger partial charge on any atom is 0.191 e. The molecule has 0 aromatic heterocycles. The third-order valence-electron chi connectivity index (χ3n) is 5.60. The first-order valence-corrected chi connectivity index (χ1v) is 9.88. The maximum atomic E-state index is 13.7. The molecule has 2 aromatic carbocycles. The Morgan fingerprint density at radius 3 is 2.16 bits per heavy atom. The van der Waals surface area contributed by atoms with E-state index >= 15 is 0 Å². The van der Waals surface area contributed by atoms with Gasteiger partial charge < -0.3 is 5.11 Å². The molecule has 0 spiro atoms. The Morgan fingerprint density at radius 1 is 1.00 bits per heavy atom. The molecule has 0 saturated heterocycles. The summed E-state index contributed by atoms with van der Waals surface area (Å²) in [5.41, 5.74) is 1.20. The van der Waals surface area contributed by atoms with Gasteiger partial charge in [0.15, 0.2) is 9.84 Å². The SMILES string of the molecule is C=C1[C@@H]2C=C[C@@H](C2)[C@@]1([C@H](O)c1ccccc1)S(=O)(=O)c1ccccc1. The summed E-state index contributed by atoms with van der Waals surface area (Å²) in [6.07, 6.45) is 3.48. The molecule has 1 fully saturated rings. The Bertz CT molecular complexity index is 932. The number of hydrogen-bond donors (Lipinski definition) is 1. The third kappa shape index (κ3) is 2.11. The number of sulfone groups is 1. The van der Waals surface area contributed by atoms with Crippen molar-refractivity contribution < 1.29 is 13.5 Å². The molecule has 1 saturated carbocycles. The van der Waals surface area contributed by atoms with Crippen molar-refractivity contribution in [3.8, 4) is 0 Å². The van der Waals surface area contributed by atoms with Crippen molar-refractivity contribution in [2.75, 3.05) is 0 Å². The number of aliphatic hydroxyl groups is 1. The van der Waals surface area contributed by atoms with Crippen LogP contribution in [-0.2, 0) is 9.84 Å². The smallest absolute Gasteiger partial charge is 0.191 e. The molecule has 4 rings (SSSR count). The number of hydrogen-bond acceptors (Lipinski definition) is 3. The topological polar surface area (TPSA) is 54.4 Å². The van der Waals surface area contributed by atoms with Crippen LogP contribution in [0.15, 0.2) is 89.9 Å². The molecule has 25 heavy (non-hydrogen) atoms. The van der Waals surface area contributed by atoms with Crippen LogP contribution in [0.4, 0.5) is 0 Å². The minimum absolute atomic E-state index is 0.00171. The molecule has 0 heterocycles.